The topological polar surface area (TPSA) is 26.0 Å². The lowest BCUT2D eigenvalue weighted by molar-refractivity contribution is 0.288. The number of nitrogens with two attached hydrogens (primary N) is 1. The molecule has 82 valence electrons. The van der Waals surface area contributed by atoms with Crippen molar-refractivity contribution in [2.45, 2.75) is 38.6 Å². The average molecular weight is 268 g/mol. The van der Waals surface area contributed by atoms with Crippen molar-refractivity contribution in [1.29, 1.82) is 0 Å². The van der Waals surface area contributed by atoms with E-state index in [0.717, 1.165) is 12.8 Å². The van der Waals surface area contributed by atoms with Crippen LogP contribution in [0.2, 0.25) is 0 Å². The highest BCUT2D eigenvalue weighted by Gasteiger charge is 2.29. The van der Waals surface area contributed by atoms with E-state index in [1.807, 2.05) is 0 Å². The van der Waals surface area contributed by atoms with Crippen LogP contribution in [0.25, 0.3) is 0 Å². The molecule has 2 rings (SSSR count). The minimum absolute atomic E-state index is 0.0555. The molecule has 0 amide bonds. The molecule has 0 radical (unpaired) electrons. The van der Waals surface area contributed by atoms with Crippen LogP contribution in [0.1, 0.15) is 31.4 Å². The van der Waals surface area contributed by atoms with Crippen LogP contribution in [-0.2, 0) is 12.8 Å². The van der Waals surface area contributed by atoms with Gasteiger partial charge in [0.1, 0.15) is 0 Å². The van der Waals surface area contributed by atoms with E-state index in [-0.39, 0.29) is 5.54 Å². The van der Waals surface area contributed by atoms with Gasteiger partial charge in [-0.25, -0.2) is 0 Å². The minimum atomic E-state index is -0.0555. The largest absolute Gasteiger partial charge is 0.325 e. The molecular formula is C13H18BrN. The van der Waals surface area contributed by atoms with Crippen LogP contribution in [0.4, 0.5) is 0 Å². The molecule has 1 aromatic carbocycles. The summed E-state index contributed by atoms with van der Waals surface area (Å²) < 4.78 is 1.26. The van der Waals surface area contributed by atoms with Crippen molar-refractivity contribution >= 4 is 15.9 Å². The van der Waals surface area contributed by atoms with E-state index in [4.69, 9.17) is 5.73 Å². The lowest BCUT2D eigenvalue weighted by atomic mass is 9.75. The zero-order valence-electron chi connectivity index (χ0n) is 9.39. The molecule has 1 unspecified atom stereocenters. The Morgan fingerprint density at radius 2 is 2.13 bits per heavy atom. The highest BCUT2D eigenvalue weighted by molar-refractivity contribution is 9.10. The third-order valence-corrected chi connectivity index (χ3v) is 4.22. The molecule has 0 heterocycles. The summed E-state index contributed by atoms with van der Waals surface area (Å²) in [4.78, 5) is 0. The predicted octanol–water partition coefficient (Wildman–Crippen LogP) is 3.29. The molecule has 0 aliphatic heterocycles. The quantitative estimate of drug-likeness (QED) is 0.831. The molecule has 0 saturated carbocycles. The Labute approximate surface area is 100 Å². The zero-order chi connectivity index (χ0) is 11.1. The predicted molar refractivity (Wildman–Crippen MR) is 67.9 cm³/mol. The molecule has 1 nitrogen and oxygen atoms in total. The minimum Gasteiger partial charge on any atom is -0.325 e. The third kappa shape index (κ3) is 2.26. The van der Waals surface area contributed by atoms with Gasteiger partial charge in [0.2, 0.25) is 0 Å². The number of hydrogen-bond acceptors (Lipinski definition) is 1. The maximum atomic E-state index is 6.19. The van der Waals surface area contributed by atoms with Gasteiger partial charge in [-0.2, -0.15) is 0 Å². The number of hydrogen-bond donors (Lipinski definition) is 1. The first-order valence-electron chi connectivity index (χ1n) is 5.53. The molecule has 0 aromatic heterocycles. The van der Waals surface area contributed by atoms with E-state index in [9.17, 15) is 0 Å². The summed E-state index contributed by atoms with van der Waals surface area (Å²) in [5.74, 6) is 0.610. The summed E-state index contributed by atoms with van der Waals surface area (Å²) in [5, 5.41) is 0. The molecule has 15 heavy (non-hydrogen) atoms. The second kappa shape index (κ2) is 3.91. The van der Waals surface area contributed by atoms with E-state index in [1.54, 1.807) is 0 Å². The van der Waals surface area contributed by atoms with E-state index >= 15 is 0 Å². The standard InChI is InChI=1S/C13H18BrN/c1-13(2,15)10-6-7-11-9(8-10)4-3-5-12(11)14/h3-5,10H,6-8,15H2,1-2H3. The lowest BCUT2D eigenvalue weighted by Crippen LogP contribution is -2.43. The first-order valence-corrected chi connectivity index (χ1v) is 6.33. The highest BCUT2D eigenvalue weighted by Crippen LogP contribution is 2.34. The van der Waals surface area contributed by atoms with Crippen molar-refractivity contribution in [3.8, 4) is 0 Å². The van der Waals surface area contributed by atoms with E-state index < -0.39 is 0 Å². The van der Waals surface area contributed by atoms with Crippen LogP contribution >= 0.6 is 15.9 Å². The summed E-state index contributed by atoms with van der Waals surface area (Å²) in [6, 6.07) is 6.49. The molecule has 2 N–H and O–H groups in total. The summed E-state index contributed by atoms with van der Waals surface area (Å²) in [6.07, 6.45) is 3.49. The van der Waals surface area contributed by atoms with Crippen molar-refractivity contribution in [3.63, 3.8) is 0 Å². The molecule has 2 heteroatoms. The highest BCUT2D eigenvalue weighted by atomic mass is 79.9. The fourth-order valence-electron chi connectivity index (χ4n) is 2.40. The summed E-state index contributed by atoms with van der Waals surface area (Å²) in [6.45, 7) is 4.28. The fraction of sp³-hybridized carbons (Fsp3) is 0.538. The van der Waals surface area contributed by atoms with E-state index in [1.165, 1.54) is 22.0 Å². The summed E-state index contributed by atoms with van der Waals surface area (Å²) in [7, 11) is 0. The molecule has 1 aliphatic rings. The summed E-state index contributed by atoms with van der Waals surface area (Å²) >= 11 is 3.62. The van der Waals surface area contributed by atoms with Crippen LogP contribution in [0.5, 0.6) is 0 Å². The Morgan fingerprint density at radius 3 is 2.80 bits per heavy atom. The van der Waals surface area contributed by atoms with E-state index in [2.05, 4.69) is 48.0 Å². The SMILES string of the molecule is CC(C)(N)C1CCc2c(Br)cccc2C1. The molecular weight excluding hydrogens is 250 g/mol. The van der Waals surface area contributed by atoms with Gasteiger partial charge in [-0.15, -0.1) is 0 Å². The normalized spacial score (nSPS) is 21.2. The molecule has 0 saturated heterocycles. The molecule has 0 bridgehead atoms. The molecule has 1 aliphatic carbocycles. The van der Waals surface area contributed by atoms with Crippen molar-refractivity contribution in [2.24, 2.45) is 11.7 Å². The Hall–Kier alpha value is -0.340. The number of halogens is 1. The second-order valence-corrected chi connectivity index (χ2v) is 5.99. The smallest absolute Gasteiger partial charge is 0.0210 e. The second-order valence-electron chi connectivity index (χ2n) is 5.14. The summed E-state index contributed by atoms with van der Waals surface area (Å²) in [5.41, 5.74) is 9.09. The third-order valence-electron chi connectivity index (χ3n) is 3.48. The Kier molecular flexibility index (Phi) is 2.91. The molecule has 1 atom stereocenters. The maximum Gasteiger partial charge on any atom is 0.0210 e. The Balaban J connectivity index is 2.28. The lowest BCUT2D eigenvalue weighted by Gasteiger charge is -2.35. The van der Waals surface area contributed by atoms with Crippen molar-refractivity contribution in [2.75, 3.05) is 0 Å². The van der Waals surface area contributed by atoms with Gasteiger partial charge >= 0.3 is 0 Å². The van der Waals surface area contributed by atoms with Crippen LogP contribution in [-0.4, -0.2) is 5.54 Å². The van der Waals surface area contributed by atoms with E-state index in [0.29, 0.717) is 5.92 Å². The maximum absolute atomic E-state index is 6.19. The average Bonchev–Trinajstić information content (AvgIpc) is 2.16. The fourth-order valence-corrected chi connectivity index (χ4v) is 3.00. The molecule has 0 fully saturated rings. The van der Waals surface area contributed by atoms with Gasteiger partial charge in [0.15, 0.2) is 0 Å². The van der Waals surface area contributed by atoms with Gasteiger partial charge in [-0.3, -0.25) is 0 Å². The van der Waals surface area contributed by atoms with Gasteiger partial charge in [-0.05, 0) is 56.2 Å². The van der Waals surface area contributed by atoms with Crippen LogP contribution in [0.15, 0.2) is 22.7 Å². The number of benzene rings is 1. The van der Waals surface area contributed by atoms with Gasteiger partial charge in [0.05, 0.1) is 0 Å². The first-order chi connectivity index (χ1) is 6.98. The van der Waals surface area contributed by atoms with Crippen molar-refractivity contribution < 1.29 is 0 Å². The Bertz CT molecular complexity index is 365. The van der Waals surface area contributed by atoms with Gasteiger partial charge in [0.25, 0.3) is 0 Å². The van der Waals surface area contributed by atoms with Gasteiger partial charge in [-0.1, -0.05) is 28.1 Å². The first kappa shape index (κ1) is 11.2. The number of fused-ring (bicyclic) bond motifs is 1. The van der Waals surface area contributed by atoms with Gasteiger partial charge < -0.3 is 5.73 Å². The van der Waals surface area contributed by atoms with Crippen LogP contribution in [0.3, 0.4) is 0 Å². The van der Waals surface area contributed by atoms with Gasteiger partial charge in [0, 0.05) is 10.0 Å². The zero-order valence-corrected chi connectivity index (χ0v) is 11.0. The van der Waals surface area contributed by atoms with Crippen LogP contribution < -0.4 is 5.73 Å². The Morgan fingerprint density at radius 1 is 1.40 bits per heavy atom. The number of rotatable bonds is 1. The van der Waals surface area contributed by atoms with Crippen molar-refractivity contribution in [3.05, 3.63) is 33.8 Å². The molecule has 1 aromatic rings. The monoisotopic (exact) mass is 267 g/mol. The van der Waals surface area contributed by atoms with Crippen molar-refractivity contribution in [1.82, 2.24) is 0 Å². The molecule has 0 spiro atoms. The van der Waals surface area contributed by atoms with Crippen LogP contribution in [0, 0.1) is 5.92 Å².